The van der Waals surface area contributed by atoms with Crippen molar-refractivity contribution in [1.82, 2.24) is 5.32 Å². The molecule has 0 saturated heterocycles. The third kappa shape index (κ3) is 44.0. The normalized spacial score (nSPS) is 13.7. The third-order valence-corrected chi connectivity index (χ3v) is 11.6. The first-order valence-corrected chi connectivity index (χ1v) is 26.0. The molecule has 0 fully saturated rings. The first kappa shape index (κ1) is 58.6. The summed E-state index contributed by atoms with van der Waals surface area (Å²) in [5.74, 6) is -0.537. The predicted molar refractivity (Wildman–Crippen MR) is 264 cm³/mol. The lowest BCUT2D eigenvalue weighted by atomic mass is 10.0. The SMILES string of the molecule is CC/C=C/C/C=C/C/C=C/C/C=C/CCCC(CC(=O)NC(CO)C(O)CCCCCCCCCCCC)OC(=O)CCCCCCC/C=C/CCCCCCCCCCC. The van der Waals surface area contributed by atoms with Crippen molar-refractivity contribution in [3.05, 3.63) is 60.8 Å². The molecule has 3 unspecified atom stereocenters. The molecule has 0 aliphatic carbocycles. The van der Waals surface area contributed by atoms with Crippen LogP contribution in [0.15, 0.2) is 60.8 Å². The van der Waals surface area contributed by atoms with Gasteiger partial charge in [0.05, 0.1) is 25.2 Å². The van der Waals surface area contributed by atoms with Crippen molar-refractivity contribution in [3.8, 4) is 0 Å². The number of hydrogen-bond donors (Lipinski definition) is 3. The van der Waals surface area contributed by atoms with Gasteiger partial charge in [0.1, 0.15) is 6.10 Å². The van der Waals surface area contributed by atoms with E-state index in [-0.39, 0.29) is 24.9 Å². The predicted octanol–water partition coefficient (Wildman–Crippen LogP) is 15.6. The summed E-state index contributed by atoms with van der Waals surface area (Å²) in [5.41, 5.74) is 0. The zero-order valence-electron chi connectivity index (χ0n) is 40.3. The highest BCUT2D eigenvalue weighted by Gasteiger charge is 2.24. The molecule has 6 heteroatoms. The van der Waals surface area contributed by atoms with Crippen molar-refractivity contribution in [2.45, 2.75) is 270 Å². The number of nitrogens with one attached hydrogen (secondary N) is 1. The number of carbonyl (C=O) groups excluding carboxylic acids is 2. The van der Waals surface area contributed by atoms with Crippen LogP contribution >= 0.6 is 0 Å². The van der Waals surface area contributed by atoms with E-state index in [9.17, 15) is 19.8 Å². The summed E-state index contributed by atoms with van der Waals surface area (Å²) in [6, 6.07) is -0.720. The summed E-state index contributed by atoms with van der Waals surface area (Å²) in [6.07, 6.45) is 60.1. The molecule has 0 aromatic carbocycles. The Labute approximate surface area is 378 Å². The van der Waals surface area contributed by atoms with Crippen LogP contribution in [0.5, 0.6) is 0 Å². The number of ether oxygens (including phenoxy) is 1. The molecular weight excluding hydrogens is 755 g/mol. The highest BCUT2D eigenvalue weighted by molar-refractivity contribution is 5.77. The average molecular weight is 854 g/mol. The van der Waals surface area contributed by atoms with Gasteiger partial charge in [-0.2, -0.15) is 0 Å². The minimum Gasteiger partial charge on any atom is -0.462 e. The molecule has 0 bridgehead atoms. The minimum atomic E-state index is -0.803. The molecule has 0 aliphatic rings. The zero-order chi connectivity index (χ0) is 44.5. The van der Waals surface area contributed by atoms with Crippen molar-refractivity contribution >= 4 is 11.9 Å². The van der Waals surface area contributed by atoms with Crippen LogP contribution in [0.3, 0.4) is 0 Å². The second kappa shape index (κ2) is 48.6. The Morgan fingerprint density at radius 2 is 0.902 bits per heavy atom. The van der Waals surface area contributed by atoms with Gasteiger partial charge in [0.2, 0.25) is 5.91 Å². The minimum absolute atomic E-state index is 0.0358. The lowest BCUT2D eigenvalue weighted by molar-refractivity contribution is -0.151. The van der Waals surface area contributed by atoms with E-state index in [1.54, 1.807) is 0 Å². The molecule has 3 N–H and O–H groups in total. The van der Waals surface area contributed by atoms with Gasteiger partial charge in [-0.05, 0) is 83.5 Å². The Morgan fingerprint density at radius 3 is 1.39 bits per heavy atom. The summed E-state index contributed by atoms with van der Waals surface area (Å²) in [7, 11) is 0. The fourth-order valence-electron chi connectivity index (χ4n) is 7.66. The van der Waals surface area contributed by atoms with Crippen molar-refractivity contribution in [2.24, 2.45) is 0 Å². The van der Waals surface area contributed by atoms with E-state index in [2.05, 4.69) is 86.8 Å². The second-order valence-corrected chi connectivity index (χ2v) is 17.5. The Bertz CT molecular complexity index is 1090. The first-order valence-electron chi connectivity index (χ1n) is 26.0. The molecule has 0 aromatic heterocycles. The fourth-order valence-corrected chi connectivity index (χ4v) is 7.66. The number of amides is 1. The molecular formula is C55H99NO5. The van der Waals surface area contributed by atoms with Crippen LogP contribution in [0.1, 0.15) is 252 Å². The summed E-state index contributed by atoms with van der Waals surface area (Å²) < 4.78 is 5.90. The van der Waals surface area contributed by atoms with Gasteiger partial charge in [-0.1, -0.05) is 216 Å². The Kier molecular flexibility index (Phi) is 46.6. The van der Waals surface area contributed by atoms with E-state index in [1.807, 2.05) is 0 Å². The number of esters is 1. The molecule has 1 amide bonds. The maximum atomic E-state index is 13.2. The molecule has 0 rings (SSSR count). The van der Waals surface area contributed by atoms with Gasteiger partial charge in [-0.15, -0.1) is 0 Å². The van der Waals surface area contributed by atoms with Crippen molar-refractivity contribution < 1.29 is 24.5 Å². The molecule has 3 atom stereocenters. The quantitative estimate of drug-likeness (QED) is 0.0322. The molecule has 0 radical (unpaired) electrons. The van der Waals surface area contributed by atoms with Crippen LogP contribution in [-0.2, 0) is 14.3 Å². The summed E-state index contributed by atoms with van der Waals surface area (Å²) in [6.45, 7) is 6.34. The van der Waals surface area contributed by atoms with Gasteiger partial charge in [0.25, 0.3) is 0 Å². The molecule has 354 valence electrons. The van der Waals surface area contributed by atoms with Crippen molar-refractivity contribution in [1.29, 1.82) is 0 Å². The average Bonchev–Trinajstić information content (AvgIpc) is 3.25. The molecule has 0 heterocycles. The number of hydrogen-bond acceptors (Lipinski definition) is 5. The standard InChI is InChI=1S/C55H99NO5/c1-4-7-10-13-16-19-22-24-26-27-28-29-31-33-36-39-42-45-48-55(60)61-51(46-43-40-37-34-32-30-25-23-20-17-14-11-8-5-2)49-54(59)56-52(50-57)53(58)47-44-41-38-35-21-18-15-12-9-6-3/h8,11,17,20,25,28-30,34,37,51-53,57-58H,4-7,9-10,12-16,18-19,21-24,26-27,31-33,35-36,38-50H2,1-3H3,(H,56,59)/b11-8+,20-17+,29-28+,30-25+,37-34+. The highest BCUT2D eigenvalue weighted by atomic mass is 16.5. The zero-order valence-corrected chi connectivity index (χ0v) is 40.3. The van der Waals surface area contributed by atoms with Gasteiger partial charge in [-0.3, -0.25) is 9.59 Å². The topological polar surface area (TPSA) is 95.9 Å². The maximum absolute atomic E-state index is 13.2. The number of aliphatic hydroxyl groups excluding tert-OH is 2. The van der Waals surface area contributed by atoms with Crippen LogP contribution in [0.2, 0.25) is 0 Å². The van der Waals surface area contributed by atoms with Crippen LogP contribution in [0.25, 0.3) is 0 Å². The smallest absolute Gasteiger partial charge is 0.306 e. The summed E-state index contributed by atoms with van der Waals surface area (Å²) in [5, 5.41) is 23.7. The lowest BCUT2D eigenvalue weighted by Gasteiger charge is -2.24. The molecule has 0 aliphatic heterocycles. The van der Waals surface area contributed by atoms with Crippen LogP contribution in [0, 0.1) is 0 Å². The highest BCUT2D eigenvalue weighted by Crippen LogP contribution is 2.17. The molecule has 0 aromatic rings. The first-order chi connectivity index (χ1) is 30.0. The number of rotatable bonds is 46. The van der Waals surface area contributed by atoms with E-state index in [4.69, 9.17) is 4.74 Å². The Hall–Kier alpha value is -2.44. The van der Waals surface area contributed by atoms with Gasteiger partial charge < -0.3 is 20.3 Å². The summed E-state index contributed by atoms with van der Waals surface area (Å²) in [4.78, 5) is 26.1. The fraction of sp³-hybridized carbons (Fsp3) is 0.782. The number of aliphatic hydroxyl groups is 2. The molecule has 61 heavy (non-hydrogen) atoms. The molecule has 0 spiro atoms. The van der Waals surface area contributed by atoms with E-state index in [1.165, 1.54) is 122 Å². The van der Waals surface area contributed by atoms with Gasteiger partial charge in [-0.25, -0.2) is 0 Å². The van der Waals surface area contributed by atoms with E-state index in [0.717, 1.165) is 83.5 Å². The van der Waals surface area contributed by atoms with Crippen LogP contribution in [0.4, 0.5) is 0 Å². The van der Waals surface area contributed by atoms with Crippen molar-refractivity contribution in [3.63, 3.8) is 0 Å². The Morgan fingerprint density at radius 1 is 0.492 bits per heavy atom. The van der Waals surface area contributed by atoms with Gasteiger partial charge in [0, 0.05) is 6.42 Å². The molecule has 6 nitrogen and oxygen atoms in total. The number of carbonyl (C=O) groups is 2. The summed E-state index contributed by atoms with van der Waals surface area (Å²) >= 11 is 0. The molecule has 0 saturated carbocycles. The number of unbranched alkanes of at least 4 members (excludes halogenated alkanes) is 24. The Balaban J connectivity index is 4.63. The van der Waals surface area contributed by atoms with E-state index in [0.29, 0.717) is 19.3 Å². The van der Waals surface area contributed by atoms with Crippen LogP contribution < -0.4 is 5.32 Å². The largest absolute Gasteiger partial charge is 0.462 e. The maximum Gasteiger partial charge on any atom is 0.306 e. The second-order valence-electron chi connectivity index (χ2n) is 17.5. The van der Waals surface area contributed by atoms with E-state index >= 15 is 0 Å². The lowest BCUT2D eigenvalue weighted by Crippen LogP contribution is -2.46. The van der Waals surface area contributed by atoms with Crippen LogP contribution in [-0.4, -0.2) is 46.9 Å². The monoisotopic (exact) mass is 854 g/mol. The van der Waals surface area contributed by atoms with Gasteiger partial charge in [0.15, 0.2) is 0 Å². The van der Waals surface area contributed by atoms with Crippen molar-refractivity contribution in [2.75, 3.05) is 6.61 Å². The van der Waals surface area contributed by atoms with E-state index < -0.39 is 18.2 Å². The number of allylic oxidation sites excluding steroid dienone is 10. The van der Waals surface area contributed by atoms with Gasteiger partial charge >= 0.3 is 5.97 Å². The third-order valence-electron chi connectivity index (χ3n) is 11.6.